The van der Waals surface area contributed by atoms with Crippen LogP contribution >= 0.6 is 12.4 Å². The van der Waals surface area contributed by atoms with Gasteiger partial charge in [-0.25, -0.2) is 0 Å². The van der Waals surface area contributed by atoms with E-state index in [2.05, 4.69) is 12.2 Å². The van der Waals surface area contributed by atoms with Crippen LogP contribution in [0, 0.1) is 0 Å². The summed E-state index contributed by atoms with van der Waals surface area (Å²) < 4.78 is 0. The Morgan fingerprint density at radius 3 is 2.37 bits per heavy atom. The first-order valence-electron chi connectivity index (χ1n) is 10.5. The Labute approximate surface area is 183 Å². The zero-order valence-corrected chi connectivity index (χ0v) is 18.0. The van der Waals surface area contributed by atoms with Gasteiger partial charge in [0.1, 0.15) is 0 Å². The molecular weight excluding hydrogens is 402 g/mol. The van der Waals surface area contributed by atoms with E-state index < -0.39 is 0 Å². The van der Waals surface area contributed by atoms with Gasteiger partial charge in [0.25, 0.3) is 11.8 Å². The molecule has 4 rings (SSSR count). The number of imide groups is 1. The number of nitrogens with zero attached hydrogens (tertiary/aromatic N) is 2. The molecule has 160 valence electrons. The quantitative estimate of drug-likeness (QED) is 0.686. The highest BCUT2D eigenvalue weighted by Crippen LogP contribution is 2.30. The normalized spacial score (nSPS) is 17.9. The van der Waals surface area contributed by atoms with E-state index in [0.29, 0.717) is 24.0 Å². The van der Waals surface area contributed by atoms with E-state index in [0.717, 1.165) is 43.2 Å². The fraction of sp³-hybridized carbons (Fsp3) is 0.435. The van der Waals surface area contributed by atoms with Gasteiger partial charge in [-0.2, -0.15) is 0 Å². The Morgan fingerprint density at radius 2 is 1.80 bits per heavy atom. The van der Waals surface area contributed by atoms with Crippen LogP contribution < -0.4 is 5.32 Å². The largest absolute Gasteiger partial charge is 0.338 e. The fourth-order valence-corrected chi connectivity index (χ4v) is 4.47. The van der Waals surface area contributed by atoms with Crippen molar-refractivity contribution in [3.63, 3.8) is 0 Å². The van der Waals surface area contributed by atoms with Crippen LogP contribution in [0.3, 0.4) is 0 Å². The molecule has 1 N–H and O–H groups in total. The molecule has 2 aromatic carbocycles. The molecule has 3 amide bonds. The average molecular weight is 430 g/mol. The van der Waals surface area contributed by atoms with E-state index in [1.165, 1.54) is 4.90 Å². The van der Waals surface area contributed by atoms with Crippen molar-refractivity contribution >= 4 is 40.9 Å². The molecular formula is C23H28ClN3O3. The van der Waals surface area contributed by atoms with Crippen LogP contribution in [-0.4, -0.2) is 59.7 Å². The minimum Gasteiger partial charge on any atom is -0.338 e. The second-order valence-electron chi connectivity index (χ2n) is 7.81. The molecule has 2 aliphatic rings. The summed E-state index contributed by atoms with van der Waals surface area (Å²) in [5, 5.41) is 4.95. The Bertz CT molecular complexity index is 905. The highest BCUT2D eigenvalue weighted by molar-refractivity contribution is 6.25. The molecule has 1 unspecified atom stereocenters. The molecule has 7 heteroatoms. The number of amides is 3. The number of halogens is 1. The van der Waals surface area contributed by atoms with Crippen LogP contribution in [0.2, 0.25) is 0 Å². The average Bonchev–Trinajstić information content (AvgIpc) is 3.26. The van der Waals surface area contributed by atoms with Crippen molar-refractivity contribution in [1.82, 2.24) is 15.1 Å². The second-order valence-corrected chi connectivity index (χ2v) is 7.81. The summed E-state index contributed by atoms with van der Waals surface area (Å²) >= 11 is 0. The minimum atomic E-state index is -0.267. The van der Waals surface area contributed by atoms with E-state index in [9.17, 15) is 14.4 Å². The zero-order chi connectivity index (χ0) is 20.4. The molecule has 2 aromatic rings. The molecule has 1 fully saturated rings. The maximum absolute atomic E-state index is 12.9. The summed E-state index contributed by atoms with van der Waals surface area (Å²) in [6.07, 6.45) is 2.73. The van der Waals surface area contributed by atoms with Crippen molar-refractivity contribution < 1.29 is 14.4 Å². The standard InChI is InChI=1S/C23H27N3O3.ClH/c1-2-13-25(17-11-12-24-15-17)20(27)10-5-14-26-22(28)18-8-3-6-16-7-4-9-19(21(16)18)23(26)29;/h3-4,6-9,17,24H,2,5,10-15H2,1H3;1H. The van der Waals surface area contributed by atoms with Crippen molar-refractivity contribution in [3.05, 3.63) is 47.5 Å². The van der Waals surface area contributed by atoms with Gasteiger partial charge in [0, 0.05) is 48.6 Å². The maximum Gasteiger partial charge on any atom is 0.261 e. The van der Waals surface area contributed by atoms with Gasteiger partial charge >= 0.3 is 0 Å². The summed E-state index contributed by atoms with van der Waals surface area (Å²) in [6.45, 7) is 4.88. The Balaban J connectivity index is 0.00000256. The van der Waals surface area contributed by atoms with Gasteiger partial charge in [-0.3, -0.25) is 19.3 Å². The first-order valence-corrected chi connectivity index (χ1v) is 10.5. The Kier molecular flexibility index (Phi) is 7.10. The first-order chi connectivity index (χ1) is 14.1. The molecule has 0 aliphatic carbocycles. The number of rotatable bonds is 7. The van der Waals surface area contributed by atoms with E-state index in [1.807, 2.05) is 29.2 Å². The number of benzene rings is 2. The smallest absolute Gasteiger partial charge is 0.261 e. The van der Waals surface area contributed by atoms with Crippen molar-refractivity contribution in [2.45, 2.75) is 38.6 Å². The van der Waals surface area contributed by atoms with Crippen LogP contribution in [0.4, 0.5) is 0 Å². The summed E-state index contributed by atoms with van der Waals surface area (Å²) in [7, 11) is 0. The van der Waals surface area contributed by atoms with Gasteiger partial charge in [-0.15, -0.1) is 12.4 Å². The molecule has 0 radical (unpaired) electrons. The molecule has 30 heavy (non-hydrogen) atoms. The molecule has 2 heterocycles. The Morgan fingerprint density at radius 1 is 1.13 bits per heavy atom. The van der Waals surface area contributed by atoms with Gasteiger partial charge in [0.2, 0.25) is 5.91 Å². The van der Waals surface area contributed by atoms with Gasteiger partial charge in [-0.05, 0) is 43.3 Å². The topological polar surface area (TPSA) is 69.7 Å². The van der Waals surface area contributed by atoms with Crippen molar-refractivity contribution in [3.8, 4) is 0 Å². The maximum atomic E-state index is 12.9. The molecule has 6 nitrogen and oxygen atoms in total. The summed E-state index contributed by atoms with van der Waals surface area (Å²) in [5.74, 6) is -0.422. The third kappa shape index (κ3) is 4.07. The molecule has 1 saturated heterocycles. The molecule has 0 saturated carbocycles. The van der Waals surface area contributed by atoms with Crippen LogP contribution in [0.15, 0.2) is 36.4 Å². The van der Waals surface area contributed by atoms with Gasteiger partial charge < -0.3 is 10.2 Å². The predicted molar refractivity (Wildman–Crippen MR) is 119 cm³/mol. The van der Waals surface area contributed by atoms with E-state index in [-0.39, 0.29) is 42.7 Å². The van der Waals surface area contributed by atoms with Gasteiger partial charge in [-0.1, -0.05) is 31.2 Å². The van der Waals surface area contributed by atoms with Crippen molar-refractivity contribution in [2.75, 3.05) is 26.2 Å². The van der Waals surface area contributed by atoms with Crippen LogP contribution in [0.25, 0.3) is 10.8 Å². The highest BCUT2D eigenvalue weighted by atomic mass is 35.5. The third-order valence-electron chi connectivity index (χ3n) is 5.89. The predicted octanol–water partition coefficient (Wildman–Crippen LogP) is 3.24. The third-order valence-corrected chi connectivity index (χ3v) is 5.89. The molecule has 2 aliphatic heterocycles. The van der Waals surface area contributed by atoms with Crippen LogP contribution in [0.1, 0.15) is 53.3 Å². The number of carbonyl (C=O) groups is 3. The van der Waals surface area contributed by atoms with E-state index in [4.69, 9.17) is 0 Å². The monoisotopic (exact) mass is 429 g/mol. The zero-order valence-electron chi connectivity index (χ0n) is 17.2. The molecule has 0 spiro atoms. The van der Waals surface area contributed by atoms with E-state index >= 15 is 0 Å². The first kappa shape index (κ1) is 22.2. The SMILES string of the molecule is CCCN(C(=O)CCCN1C(=O)c2cccc3cccc(c23)C1=O)C1CCNC1.Cl. The van der Waals surface area contributed by atoms with Crippen LogP contribution in [0.5, 0.6) is 0 Å². The lowest BCUT2D eigenvalue weighted by Gasteiger charge is -2.29. The lowest BCUT2D eigenvalue weighted by molar-refractivity contribution is -0.133. The number of carbonyl (C=O) groups excluding carboxylic acids is 3. The summed E-state index contributed by atoms with van der Waals surface area (Å²) in [4.78, 5) is 41.9. The second kappa shape index (κ2) is 9.58. The van der Waals surface area contributed by atoms with Crippen molar-refractivity contribution in [1.29, 1.82) is 0 Å². The number of hydrogen-bond acceptors (Lipinski definition) is 4. The minimum absolute atomic E-state index is 0. The molecule has 1 atom stereocenters. The van der Waals surface area contributed by atoms with Crippen LogP contribution in [-0.2, 0) is 4.79 Å². The summed E-state index contributed by atoms with van der Waals surface area (Å²) in [6, 6.07) is 11.3. The number of nitrogens with one attached hydrogen (secondary N) is 1. The summed E-state index contributed by atoms with van der Waals surface area (Å²) in [5.41, 5.74) is 1.13. The van der Waals surface area contributed by atoms with Gasteiger partial charge in [0.05, 0.1) is 0 Å². The van der Waals surface area contributed by atoms with Crippen molar-refractivity contribution in [2.24, 2.45) is 0 Å². The molecule has 0 bridgehead atoms. The fourth-order valence-electron chi connectivity index (χ4n) is 4.47. The lowest BCUT2D eigenvalue weighted by atomic mass is 9.94. The van der Waals surface area contributed by atoms with E-state index in [1.54, 1.807) is 12.1 Å². The Hall–Kier alpha value is -2.44. The lowest BCUT2D eigenvalue weighted by Crippen LogP contribution is -2.43. The highest BCUT2D eigenvalue weighted by Gasteiger charge is 2.32. The molecule has 0 aromatic heterocycles. The van der Waals surface area contributed by atoms with Gasteiger partial charge in [0.15, 0.2) is 0 Å². The number of hydrogen-bond donors (Lipinski definition) is 1.